The van der Waals surface area contributed by atoms with Crippen LogP contribution < -0.4 is 51.4 Å². The first-order chi connectivity index (χ1) is 18.9. The van der Waals surface area contributed by atoms with E-state index >= 15 is 0 Å². The van der Waals surface area contributed by atoms with Crippen LogP contribution in [0.25, 0.3) is 0 Å². The van der Waals surface area contributed by atoms with Crippen LogP contribution in [0, 0.1) is 99.6 Å². The molecule has 2 saturated carbocycles. The SMILES string of the molecule is C1CCOC1.CC(C)c1cc(C(C)C)c([S-])c(C(C)C)c1.C[C]1[C](C)[C](C)[C](C)[C]1C.C[C]1[C](C)[C](C)[C](C)[C]1C.[K+].[Sm]. The van der Waals surface area contributed by atoms with Crippen LogP contribution >= 0.6 is 0 Å². The Balaban J connectivity index is 0. The van der Waals surface area contributed by atoms with Gasteiger partial charge in [-0.25, -0.2) is 0 Å². The topological polar surface area (TPSA) is 9.23 Å². The Kier molecular flexibility index (Phi) is 25.3. The van der Waals surface area contributed by atoms with Gasteiger partial charge in [-0.2, -0.15) is 4.90 Å². The molecule has 10 radical (unpaired) electrons. The summed E-state index contributed by atoms with van der Waals surface area (Å²) in [4.78, 5) is 1.08. The Morgan fingerprint density at radius 3 is 0.860 bits per heavy atom. The van der Waals surface area contributed by atoms with Crippen molar-refractivity contribution in [3.63, 3.8) is 0 Å². The Morgan fingerprint density at radius 2 is 0.721 bits per heavy atom. The summed E-state index contributed by atoms with van der Waals surface area (Å²) in [5.41, 5.74) is 4.09. The van der Waals surface area contributed by atoms with Gasteiger partial charge >= 0.3 is 51.4 Å². The van der Waals surface area contributed by atoms with E-state index in [1.165, 1.54) is 88.7 Å². The van der Waals surface area contributed by atoms with Crippen molar-refractivity contribution in [3.05, 3.63) is 88.0 Å². The van der Waals surface area contributed by atoms with Crippen LogP contribution in [0.5, 0.6) is 0 Å². The normalized spacial score (nSPS) is 20.4. The van der Waals surface area contributed by atoms with Crippen molar-refractivity contribution in [3.8, 4) is 0 Å². The zero-order valence-corrected chi connectivity index (χ0v) is 37.5. The van der Waals surface area contributed by atoms with Crippen LogP contribution in [-0.2, 0) is 17.4 Å². The molecule has 0 unspecified atom stereocenters. The molecule has 1 aromatic rings. The quantitative estimate of drug-likeness (QED) is 0.225. The second kappa shape index (κ2) is 22.9. The molecule has 2 aliphatic carbocycles. The third-order valence-electron chi connectivity index (χ3n) is 9.53. The first-order valence-corrected chi connectivity index (χ1v) is 16.2. The molecule has 1 saturated heterocycles. The van der Waals surface area contributed by atoms with Gasteiger partial charge in [0.25, 0.3) is 0 Å². The van der Waals surface area contributed by atoms with Gasteiger partial charge < -0.3 is 17.4 Å². The number of benzene rings is 1. The van der Waals surface area contributed by atoms with Crippen molar-refractivity contribution < 1.29 is 96.5 Å². The number of hydrogen-bond donors (Lipinski definition) is 0. The summed E-state index contributed by atoms with van der Waals surface area (Å²) in [6.07, 6.45) is 2.56. The first-order valence-electron chi connectivity index (χ1n) is 15.8. The van der Waals surface area contributed by atoms with Crippen molar-refractivity contribution in [1.29, 1.82) is 0 Å². The molecule has 0 aromatic heterocycles. The van der Waals surface area contributed by atoms with E-state index in [0.29, 0.717) is 17.8 Å². The second-order valence-electron chi connectivity index (χ2n) is 13.1. The molecular formula is C39H61KOSSm. The maximum Gasteiger partial charge on any atom is 1.00 e. The van der Waals surface area contributed by atoms with E-state index in [-0.39, 0.29) is 91.8 Å². The fourth-order valence-electron chi connectivity index (χ4n) is 5.21. The third kappa shape index (κ3) is 14.0. The third-order valence-corrected chi connectivity index (χ3v) is 10.0. The largest absolute Gasteiger partial charge is 1.00 e. The summed E-state index contributed by atoms with van der Waals surface area (Å²) in [6.45, 7) is 37.4. The Hall–Kier alpha value is 2.37. The molecule has 1 heterocycles. The van der Waals surface area contributed by atoms with Crippen molar-refractivity contribution in [2.45, 2.75) is 146 Å². The molecule has 236 valence electrons. The van der Waals surface area contributed by atoms with E-state index in [1.54, 1.807) is 0 Å². The Morgan fingerprint density at radius 1 is 0.488 bits per heavy atom. The van der Waals surface area contributed by atoms with Crippen molar-refractivity contribution >= 4 is 12.6 Å². The maximum absolute atomic E-state index is 5.59. The Bertz CT molecular complexity index is 726. The molecule has 0 amide bonds. The van der Waals surface area contributed by atoms with E-state index in [0.717, 1.165) is 18.1 Å². The molecular weight excluding hydrogens is 706 g/mol. The number of ether oxygens (including phenoxy) is 1. The van der Waals surface area contributed by atoms with Gasteiger partial charge in [0.15, 0.2) is 0 Å². The van der Waals surface area contributed by atoms with Crippen LogP contribution in [-0.4, -0.2) is 13.2 Å². The molecule has 0 N–H and O–H groups in total. The van der Waals surface area contributed by atoms with Crippen LogP contribution in [0.3, 0.4) is 0 Å². The van der Waals surface area contributed by atoms with Crippen molar-refractivity contribution in [2.75, 3.05) is 13.2 Å². The molecule has 0 atom stereocenters. The maximum atomic E-state index is 5.59. The molecule has 0 spiro atoms. The molecule has 1 nitrogen and oxygen atoms in total. The van der Waals surface area contributed by atoms with Gasteiger partial charge in [-0.05, 0) is 95.3 Å². The van der Waals surface area contributed by atoms with E-state index in [9.17, 15) is 0 Å². The second-order valence-corrected chi connectivity index (χ2v) is 13.5. The van der Waals surface area contributed by atoms with E-state index < -0.39 is 0 Å². The van der Waals surface area contributed by atoms with Gasteiger partial charge in [0.05, 0.1) is 0 Å². The molecule has 43 heavy (non-hydrogen) atoms. The Labute approximate surface area is 351 Å². The average Bonchev–Trinajstić information content (AvgIpc) is 3.61. The number of hydrogen-bond acceptors (Lipinski definition) is 2. The van der Waals surface area contributed by atoms with E-state index in [4.69, 9.17) is 17.4 Å². The minimum absolute atomic E-state index is 0. The van der Waals surface area contributed by atoms with Gasteiger partial charge in [0.2, 0.25) is 0 Å². The summed E-state index contributed by atoms with van der Waals surface area (Å²) in [6, 6.07) is 4.59. The molecule has 1 aliphatic heterocycles. The molecule has 4 heteroatoms. The molecule has 0 bridgehead atoms. The van der Waals surface area contributed by atoms with Gasteiger partial charge in [0, 0.05) is 53.6 Å². The monoisotopic (exact) mass is 768 g/mol. The molecule has 4 rings (SSSR count). The zero-order chi connectivity index (χ0) is 31.8. The van der Waals surface area contributed by atoms with Crippen LogP contribution in [0.15, 0.2) is 17.0 Å². The van der Waals surface area contributed by atoms with Gasteiger partial charge in [-0.15, -0.1) is 0 Å². The van der Waals surface area contributed by atoms with Gasteiger partial charge in [-0.3, -0.25) is 0 Å². The van der Waals surface area contributed by atoms with Crippen molar-refractivity contribution in [2.24, 2.45) is 0 Å². The predicted octanol–water partition coefficient (Wildman–Crippen LogP) is 8.71. The summed E-state index contributed by atoms with van der Waals surface area (Å²) in [7, 11) is 0. The molecule has 3 aliphatic rings. The minimum atomic E-state index is 0. The fourth-order valence-corrected chi connectivity index (χ4v) is 5.80. The van der Waals surface area contributed by atoms with Gasteiger partial charge in [-0.1, -0.05) is 134 Å². The molecule has 3 fully saturated rings. The van der Waals surface area contributed by atoms with Gasteiger partial charge in [0.1, 0.15) is 0 Å². The summed E-state index contributed by atoms with van der Waals surface area (Å²) < 4.78 is 4.94. The van der Waals surface area contributed by atoms with Crippen LogP contribution in [0.2, 0.25) is 0 Å². The summed E-state index contributed by atoms with van der Waals surface area (Å²) in [5.74, 6) is 16.3. The van der Waals surface area contributed by atoms with Crippen LogP contribution in [0.1, 0.15) is 158 Å². The van der Waals surface area contributed by atoms with E-state index in [1.807, 2.05) is 0 Å². The first kappa shape index (κ1) is 47.5. The van der Waals surface area contributed by atoms with Crippen molar-refractivity contribution in [1.82, 2.24) is 0 Å². The minimum Gasteiger partial charge on any atom is -0.779 e. The standard InChI is InChI=1S/C15H24S.2C10H15.C4H8O.K.Sm/c1-9(2)12-7-13(10(3)4)15(16)14(8-12)11(5)6;2*1-6-7(2)9(4)10(5)8(6)3;1-2-4-5-3-1;;/h7-11,16H,1-6H3;2*1-5H3;1-4H2;;/q;;;;+1;/p-1. The van der Waals surface area contributed by atoms with E-state index in [2.05, 4.69) is 123 Å². The summed E-state index contributed by atoms with van der Waals surface area (Å²) in [5, 5.41) is 0. The fraction of sp³-hybridized carbons (Fsp3) is 0.590. The number of rotatable bonds is 3. The average molecular weight is 767 g/mol. The zero-order valence-electron chi connectivity index (χ0n) is 30.9. The predicted molar refractivity (Wildman–Crippen MR) is 184 cm³/mol. The summed E-state index contributed by atoms with van der Waals surface area (Å²) >= 11 is 5.59. The molecule has 1 aromatic carbocycles. The smallest absolute Gasteiger partial charge is 0.779 e. The van der Waals surface area contributed by atoms with Crippen LogP contribution in [0.4, 0.5) is 0 Å².